The van der Waals surface area contributed by atoms with Crippen molar-refractivity contribution in [2.45, 2.75) is 121 Å². The van der Waals surface area contributed by atoms with Crippen molar-refractivity contribution in [2.24, 2.45) is 0 Å². The van der Waals surface area contributed by atoms with Crippen molar-refractivity contribution in [3.8, 4) is 0 Å². The van der Waals surface area contributed by atoms with Gasteiger partial charge < -0.3 is 31.5 Å². The van der Waals surface area contributed by atoms with Crippen molar-refractivity contribution in [3.05, 3.63) is 49.3 Å². The van der Waals surface area contributed by atoms with E-state index in [-0.39, 0.29) is 61.5 Å². The third-order valence-corrected chi connectivity index (χ3v) is 8.07. The topological polar surface area (TPSA) is 144 Å². The van der Waals surface area contributed by atoms with Crippen molar-refractivity contribution >= 4 is 32.1 Å². The third kappa shape index (κ3) is 9.53. The minimum absolute atomic E-state index is 0.00694. The summed E-state index contributed by atoms with van der Waals surface area (Å²) in [6.45, 7) is 3.74. The SMILES string of the molecule is CCCCCc1c(C(=O)O)c2nc(c1C(=O)O)C[N-][C@@H]1CCCC[C@H]1[N-]CC[N-]C1CCCC[C@H]1[N-]C2.[Cl][Mn][Cl]. The van der Waals surface area contributed by atoms with Crippen LogP contribution in [0.3, 0.4) is 0 Å². The number of aromatic nitrogens is 1. The molecule has 2 aliphatic carbocycles. The first-order chi connectivity index (χ1) is 19.4. The Bertz CT molecular complexity index is 907. The molecule has 4 rings (SSSR count). The number of fused-ring (bicyclic) bond motifs is 4. The van der Waals surface area contributed by atoms with Crippen LogP contribution in [0.5, 0.6) is 0 Å². The zero-order valence-electron chi connectivity index (χ0n) is 23.2. The molecule has 3 aliphatic rings. The van der Waals surface area contributed by atoms with Crippen LogP contribution in [0.25, 0.3) is 21.3 Å². The quantitative estimate of drug-likeness (QED) is 0.242. The normalized spacial score (nSPS) is 25.7. The number of carboxylic acids is 2. The summed E-state index contributed by atoms with van der Waals surface area (Å²) in [5, 5.41) is 40.2. The number of carbonyl (C=O) groups is 2. The van der Waals surface area contributed by atoms with E-state index in [0.29, 0.717) is 36.5 Å². The van der Waals surface area contributed by atoms with Crippen LogP contribution in [-0.2, 0) is 32.6 Å². The second kappa shape index (κ2) is 17.9. The fourth-order valence-corrected chi connectivity index (χ4v) is 6.17. The predicted molar refractivity (Wildman–Crippen MR) is 156 cm³/mol. The number of hydrogen-bond donors (Lipinski definition) is 2. The molecule has 40 heavy (non-hydrogen) atoms. The van der Waals surface area contributed by atoms with Gasteiger partial charge in [0.15, 0.2) is 0 Å². The second-order valence-corrected chi connectivity index (χ2v) is 12.6. The van der Waals surface area contributed by atoms with Crippen molar-refractivity contribution in [3.63, 3.8) is 0 Å². The number of unbranched alkanes of at least 4 members (excludes halogenated alkanes) is 2. The van der Waals surface area contributed by atoms with E-state index < -0.39 is 11.9 Å². The monoisotopic (exact) mass is 636 g/mol. The Morgan fingerprint density at radius 3 is 1.55 bits per heavy atom. The van der Waals surface area contributed by atoms with E-state index in [1.54, 1.807) is 0 Å². The summed E-state index contributed by atoms with van der Waals surface area (Å²) >= 11 is 0.00694. The van der Waals surface area contributed by atoms with Gasteiger partial charge in [-0.25, -0.2) is 9.59 Å². The molecule has 2 heterocycles. The summed E-state index contributed by atoms with van der Waals surface area (Å²) in [6.07, 6.45) is 11.2. The van der Waals surface area contributed by atoms with Crippen molar-refractivity contribution < 1.29 is 32.9 Å². The molecule has 0 amide bonds. The van der Waals surface area contributed by atoms with Crippen LogP contribution in [0.1, 0.15) is 115 Å². The molecule has 227 valence electrons. The average molecular weight is 638 g/mol. The van der Waals surface area contributed by atoms with E-state index in [0.717, 1.165) is 70.6 Å². The van der Waals surface area contributed by atoms with Gasteiger partial charge in [0.1, 0.15) is 0 Å². The summed E-state index contributed by atoms with van der Waals surface area (Å²) in [4.78, 5) is 29.7. The first kappa shape index (κ1) is 33.5. The number of halogens is 2. The average Bonchev–Trinajstić information content (AvgIpc) is 2.94. The Balaban J connectivity index is 0.00000141. The van der Waals surface area contributed by atoms with Crippen LogP contribution in [0, 0.1) is 0 Å². The van der Waals surface area contributed by atoms with Crippen LogP contribution in [0.2, 0.25) is 0 Å². The summed E-state index contributed by atoms with van der Waals surface area (Å²) in [5.74, 6) is -2.27. The standard InChI is InChI=1S/C28H41N5O4.2ClH.Mn/c1-2-3-4-9-18-25(27(34)35)23-16-31-21-12-7-5-10-19(21)29-14-15-30-20-11-6-8-13-22(20)32-17-24(33-23)26(18)28(36)37;;;/h19-22H,2-17H2,1H3,(H,34,35)(H,36,37);2*1H;/q-4;;;+2/p-2/t19-,20?,21-,22-;;;/m1.../s1. The van der Waals surface area contributed by atoms with E-state index >= 15 is 0 Å². The van der Waals surface area contributed by atoms with Gasteiger partial charge in [-0.1, -0.05) is 71.1 Å². The number of pyridine rings is 1. The molecule has 1 unspecified atom stereocenters. The Morgan fingerprint density at radius 1 is 0.775 bits per heavy atom. The molecular formula is C28H41Cl2MnN5O4-4. The van der Waals surface area contributed by atoms with Gasteiger partial charge in [0.05, 0.1) is 11.1 Å². The summed E-state index contributed by atoms with van der Waals surface area (Å²) in [6, 6.07) is 0.299. The number of hydrogen-bond acceptors (Lipinski definition) is 3. The van der Waals surface area contributed by atoms with E-state index in [2.05, 4.69) is 11.9 Å². The molecule has 1 aromatic heterocycles. The molecular weight excluding hydrogens is 596 g/mol. The Kier molecular flexibility index (Phi) is 15.0. The number of nitrogens with zero attached hydrogens (tertiary/aromatic N) is 5. The Labute approximate surface area is 252 Å². The van der Waals surface area contributed by atoms with E-state index in [1.807, 2.05) is 0 Å². The van der Waals surface area contributed by atoms with E-state index in [9.17, 15) is 19.8 Å². The summed E-state index contributed by atoms with van der Waals surface area (Å²) in [5.41, 5.74) is 1.12. The summed E-state index contributed by atoms with van der Waals surface area (Å²) < 4.78 is 0. The predicted octanol–water partition coefficient (Wildman–Crippen LogP) is 7.72. The first-order valence-corrected chi connectivity index (χ1v) is 17.7. The van der Waals surface area contributed by atoms with Crippen LogP contribution < -0.4 is 0 Å². The molecule has 12 heteroatoms. The van der Waals surface area contributed by atoms with Crippen molar-refractivity contribution in [1.82, 2.24) is 4.98 Å². The molecule has 0 radical (unpaired) electrons. The summed E-state index contributed by atoms with van der Waals surface area (Å²) in [7, 11) is 9.59. The number of rotatable bonds is 6. The van der Waals surface area contributed by atoms with Gasteiger partial charge in [0.25, 0.3) is 0 Å². The molecule has 1 aliphatic heterocycles. The van der Waals surface area contributed by atoms with Gasteiger partial charge in [0, 0.05) is 11.4 Å². The molecule has 0 saturated heterocycles. The fraction of sp³-hybridized carbons (Fsp3) is 0.750. The fourth-order valence-electron chi connectivity index (χ4n) is 6.17. The number of aromatic carboxylic acids is 2. The molecule has 4 atom stereocenters. The molecule has 2 saturated carbocycles. The molecule has 9 nitrogen and oxygen atoms in total. The maximum atomic E-state index is 12.5. The van der Waals surface area contributed by atoms with Crippen molar-refractivity contribution in [1.29, 1.82) is 0 Å². The Morgan fingerprint density at radius 2 is 1.18 bits per heavy atom. The van der Waals surface area contributed by atoms with Crippen LogP contribution in [0.15, 0.2) is 0 Å². The van der Waals surface area contributed by atoms with Crippen LogP contribution in [-0.4, -0.2) is 64.4 Å². The zero-order chi connectivity index (χ0) is 28.9. The van der Waals surface area contributed by atoms with E-state index in [1.165, 1.54) is 0 Å². The van der Waals surface area contributed by atoms with Gasteiger partial charge in [-0.2, -0.15) is 37.3 Å². The molecule has 1 aromatic rings. The first-order valence-electron chi connectivity index (χ1n) is 14.5. The molecule has 0 aromatic carbocycles. The van der Waals surface area contributed by atoms with Gasteiger partial charge in [-0.15, -0.1) is 13.1 Å². The van der Waals surface area contributed by atoms with E-state index in [4.69, 9.17) is 41.5 Å². The van der Waals surface area contributed by atoms with Gasteiger partial charge >= 0.3 is 45.3 Å². The molecule has 2 N–H and O–H groups in total. The Hall–Kier alpha value is -0.971. The molecule has 0 spiro atoms. The zero-order valence-corrected chi connectivity index (χ0v) is 25.9. The van der Waals surface area contributed by atoms with Crippen LogP contribution in [0.4, 0.5) is 0 Å². The molecule has 2 bridgehead atoms. The van der Waals surface area contributed by atoms with Gasteiger partial charge in [-0.3, -0.25) is 4.98 Å². The van der Waals surface area contributed by atoms with Crippen LogP contribution >= 0.6 is 20.2 Å². The third-order valence-electron chi connectivity index (χ3n) is 8.07. The maximum absolute atomic E-state index is 12.5. The van der Waals surface area contributed by atoms with Gasteiger partial charge in [-0.05, 0) is 18.4 Å². The second-order valence-electron chi connectivity index (χ2n) is 10.7. The minimum atomic E-state index is -1.14. The van der Waals surface area contributed by atoms with Crippen molar-refractivity contribution in [2.75, 3.05) is 13.1 Å². The van der Waals surface area contributed by atoms with Gasteiger partial charge in [0.2, 0.25) is 0 Å². The molecule has 2 fully saturated rings. The number of carboxylic acid groups (broad SMARTS) is 2.